The molecule has 3 aromatic rings. The van der Waals surface area contributed by atoms with Crippen molar-refractivity contribution in [1.82, 2.24) is 20.1 Å². The van der Waals surface area contributed by atoms with E-state index in [4.69, 9.17) is 23.2 Å². The molecule has 1 heterocycles. The van der Waals surface area contributed by atoms with Crippen molar-refractivity contribution >= 4 is 58.2 Å². The van der Waals surface area contributed by atoms with E-state index in [-0.39, 0.29) is 34.2 Å². The molecule has 3 rings (SSSR count). The lowest BCUT2D eigenvalue weighted by molar-refractivity contribution is -0.384. The zero-order valence-electron chi connectivity index (χ0n) is 21.3. The summed E-state index contributed by atoms with van der Waals surface area (Å²) in [6.45, 7) is 8.24. The van der Waals surface area contributed by atoms with Crippen LogP contribution in [0.1, 0.15) is 55.0 Å². The molecule has 13 heteroatoms. The summed E-state index contributed by atoms with van der Waals surface area (Å²) in [4.78, 5) is 36.1. The van der Waals surface area contributed by atoms with Crippen molar-refractivity contribution in [3.8, 4) is 0 Å². The van der Waals surface area contributed by atoms with Crippen LogP contribution in [0.3, 0.4) is 0 Å². The number of rotatable bonds is 11. The van der Waals surface area contributed by atoms with Crippen molar-refractivity contribution in [3.05, 3.63) is 73.5 Å². The van der Waals surface area contributed by atoms with Crippen LogP contribution in [-0.4, -0.2) is 37.3 Å². The fourth-order valence-corrected chi connectivity index (χ4v) is 5.09. The molecule has 202 valence electrons. The number of non-ortho nitro benzene ring substituents is 1. The quantitative estimate of drug-likeness (QED) is 0.160. The molecule has 0 aliphatic rings. The number of halogens is 2. The van der Waals surface area contributed by atoms with E-state index in [1.54, 1.807) is 19.1 Å². The van der Waals surface area contributed by atoms with Crippen LogP contribution in [0.5, 0.6) is 0 Å². The standard InChI is InChI=1S/C25H28Cl2N6O4S/c1-5-32-23(21(10-14(2)3)29-24(35)18-8-6-16(26)12-19(18)27)30-31-25(32)38-13-22(34)28-20-9-7-17(33(36)37)11-15(20)4/h6-9,11-12,14,21H,5,10,13H2,1-4H3,(H,28,34)(H,29,35)/t21-/m1/s1. The van der Waals surface area contributed by atoms with E-state index < -0.39 is 11.0 Å². The maximum atomic E-state index is 13.0. The molecule has 0 aliphatic carbocycles. The predicted octanol–water partition coefficient (Wildman–Crippen LogP) is 6.07. The number of anilines is 1. The van der Waals surface area contributed by atoms with Gasteiger partial charge in [-0.1, -0.05) is 48.8 Å². The van der Waals surface area contributed by atoms with Crippen LogP contribution in [0.4, 0.5) is 11.4 Å². The molecule has 10 nitrogen and oxygen atoms in total. The number of carbonyl (C=O) groups excluding carboxylic acids is 2. The molecule has 2 amide bonds. The van der Waals surface area contributed by atoms with Crippen LogP contribution in [0.15, 0.2) is 41.6 Å². The molecule has 38 heavy (non-hydrogen) atoms. The second kappa shape index (κ2) is 13.1. The van der Waals surface area contributed by atoms with Gasteiger partial charge in [0.1, 0.15) is 0 Å². The predicted molar refractivity (Wildman–Crippen MR) is 149 cm³/mol. The van der Waals surface area contributed by atoms with E-state index in [0.717, 1.165) is 0 Å². The van der Waals surface area contributed by atoms with Gasteiger partial charge in [0, 0.05) is 29.4 Å². The number of nitrogens with zero attached hydrogens (tertiary/aromatic N) is 4. The minimum atomic E-state index is -0.483. The molecular weight excluding hydrogens is 551 g/mol. The summed E-state index contributed by atoms with van der Waals surface area (Å²) in [6.07, 6.45) is 0.611. The van der Waals surface area contributed by atoms with Crippen LogP contribution in [0, 0.1) is 23.0 Å². The Bertz CT molecular complexity index is 1350. The van der Waals surface area contributed by atoms with E-state index in [2.05, 4.69) is 20.8 Å². The van der Waals surface area contributed by atoms with Gasteiger partial charge in [0.05, 0.1) is 27.3 Å². The summed E-state index contributed by atoms with van der Waals surface area (Å²) in [7, 11) is 0. The highest BCUT2D eigenvalue weighted by atomic mass is 35.5. The molecular formula is C25H28Cl2N6O4S. The fraction of sp³-hybridized carbons (Fsp3) is 0.360. The van der Waals surface area contributed by atoms with Crippen molar-refractivity contribution in [2.24, 2.45) is 5.92 Å². The van der Waals surface area contributed by atoms with E-state index >= 15 is 0 Å². The highest BCUT2D eigenvalue weighted by molar-refractivity contribution is 7.99. The highest BCUT2D eigenvalue weighted by Crippen LogP contribution is 2.27. The van der Waals surface area contributed by atoms with Gasteiger partial charge >= 0.3 is 0 Å². The normalized spacial score (nSPS) is 11.9. The second-order valence-electron chi connectivity index (χ2n) is 8.96. The van der Waals surface area contributed by atoms with Gasteiger partial charge < -0.3 is 15.2 Å². The third kappa shape index (κ3) is 7.46. The van der Waals surface area contributed by atoms with Gasteiger partial charge in [-0.15, -0.1) is 10.2 Å². The Kier molecular flexibility index (Phi) is 10.1. The number of carbonyl (C=O) groups is 2. The molecule has 0 fully saturated rings. The molecule has 0 saturated heterocycles. The smallest absolute Gasteiger partial charge is 0.269 e. The minimum Gasteiger partial charge on any atom is -0.342 e. The van der Waals surface area contributed by atoms with Crippen molar-refractivity contribution in [3.63, 3.8) is 0 Å². The molecule has 0 spiro atoms. The summed E-state index contributed by atoms with van der Waals surface area (Å²) < 4.78 is 1.87. The van der Waals surface area contributed by atoms with Gasteiger partial charge in [0.25, 0.3) is 11.6 Å². The fourth-order valence-electron chi connectivity index (χ4n) is 3.79. The van der Waals surface area contributed by atoms with Gasteiger partial charge in [0.2, 0.25) is 5.91 Å². The lowest BCUT2D eigenvalue weighted by Crippen LogP contribution is -2.32. The van der Waals surface area contributed by atoms with E-state index in [9.17, 15) is 19.7 Å². The summed E-state index contributed by atoms with van der Waals surface area (Å²) in [5.41, 5.74) is 1.35. The van der Waals surface area contributed by atoms with Gasteiger partial charge in [0.15, 0.2) is 11.0 Å². The third-order valence-electron chi connectivity index (χ3n) is 5.59. The highest BCUT2D eigenvalue weighted by Gasteiger charge is 2.25. The van der Waals surface area contributed by atoms with Crippen LogP contribution < -0.4 is 10.6 Å². The first kappa shape index (κ1) is 29.4. The SMILES string of the molecule is CCn1c(SCC(=O)Nc2ccc([N+](=O)[O-])cc2C)nnc1[C@@H](CC(C)C)NC(=O)c1ccc(Cl)cc1Cl. The molecule has 0 radical (unpaired) electrons. The molecule has 0 aliphatic heterocycles. The van der Waals surface area contributed by atoms with Gasteiger partial charge in [-0.3, -0.25) is 19.7 Å². The number of thioether (sulfide) groups is 1. The van der Waals surface area contributed by atoms with Crippen molar-refractivity contribution in [2.45, 2.75) is 51.9 Å². The summed E-state index contributed by atoms with van der Waals surface area (Å²) >= 11 is 13.4. The molecule has 0 unspecified atom stereocenters. The Morgan fingerprint density at radius 3 is 2.50 bits per heavy atom. The third-order valence-corrected chi connectivity index (χ3v) is 7.10. The average Bonchev–Trinajstić information content (AvgIpc) is 3.26. The Balaban J connectivity index is 1.74. The molecule has 1 aromatic heterocycles. The zero-order valence-corrected chi connectivity index (χ0v) is 23.7. The Morgan fingerprint density at radius 2 is 1.89 bits per heavy atom. The number of nitro groups is 1. The number of hydrogen-bond donors (Lipinski definition) is 2. The van der Waals surface area contributed by atoms with Gasteiger partial charge in [-0.25, -0.2) is 0 Å². The Morgan fingerprint density at radius 1 is 1.16 bits per heavy atom. The summed E-state index contributed by atoms with van der Waals surface area (Å²) in [6, 6.07) is 8.51. The maximum absolute atomic E-state index is 13.0. The first-order chi connectivity index (χ1) is 18.0. The van der Waals surface area contributed by atoms with Crippen LogP contribution >= 0.6 is 35.0 Å². The van der Waals surface area contributed by atoms with Crippen molar-refractivity contribution in [1.29, 1.82) is 0 Å². The second-order valence-corrected chi connectivity index (χ2v) is 10.7. The zero-order chi connectivity index (χ0) is 28.0. The Hall–Kier alpha value is -3.15. The number of amides is 2. The lowest BCUT2D eigenvalue weighted by Gasteiger charge is -2.21. The van der Waals surface area contributed by atoms with Crippen molar-refractivity contribution < 1.29 is 14.5 Å². The molecule has 1 atom stereocenters. The number of nitrogens with one attached hydrogen (secondary N) is 2. The topological polar surface area (TPSA) is 132 Å². The number of aromatic nitrogens is 3. The molecule has 0 bridgehead atoms. The lowest BCUT2D eigenvalue weighted by atomic mass is 10.0. The molecule has 2 aromatic carbocycles. The molecule has 2 N–H and O–H groups in total. The van der Waals surface area contributed by atoms with Gasteiger partial charge in [-0.2, -0.15) is 0 Å². The first-order valence-electron chi connectivity index (χ1n) is 11.9. The first-order valence-corrected chi connectivity index (χ1v) is 13.6. The Labute approximate surface area is 234 Å². The maximum Gasteiger partial charge on any atom is 0.269 e. The van der Waals surface area contributed by atoms with E-state index in [1.165, 1.54) is 36.0 Å². The van der Waals surface area contributed by atoms with Crippen molar-refractivity contribution in [2.75, 3.05) is 11.1 Å². The van der Waals surface area contributed by atoms with Crippen LogP contribution in [-0.2, 0) is 11.3 Å². The monoisotopic (exact) mass is 578 g/mol. The number of hydrogen-bond acceptors (Lipinski definition) is 7. The number of nitro benzene ring substituents is 1. The van der Waals surface area contributed by atoms with Crippen LogP contribution in [0.25, 0.3) is 0 Å². The van der Waals surface area contributed by atoms with Gasteiger partial charge in [-0.05, 0) is 56.0 Å². The molecule has 0 saturated carbocycles. The van der Waals surface area contributed by atoms with E-state index in [0.29, 0.717) is 45.8 Å². The number of benzene rings is 2. The minimum absolute atomic E-state index is 0.0418. The summed E-state index contributed by atoms with van der Waals surface area (Å²) in [5, 5.41) is 26.6. The van der Waals surface area contributed by atoms with E-state index in [1.807, 2.05) is 25.3 Å². The summed E-state index contributed by atoms with van der Waals surface area (Å²) in [5.74, 6) is 0.234. The number of aryl methyl sites for hydroxylation is 1. The van der Waals surface area contributed by atoms with Crippen LogP contribution in [0.2, 0.25) is 10.0 Å². The largest absolute Gasteiger partial charge is 0.342 e. The average molecular weight is 580 g/mol.